The first-order valence-electron chi connectivity index (χ1n) is 12.7. The maximum atomic E-state index is 16.0. The summed E-state index contributed by atoms with van der Waals surface area (Å²) in [6.45, 7) is 0.0875. The smallest absolute Gasteiger partial charge is 0.267 e. The second kappa shape index (κ2) is 9.05. The molecule has 0 bridgehead atoms. The summed E-state index contributed by atoms with van der Waals surface area (Å²) < 4.78 is 93.3. The Morgan fingerprint density at radius 2 is 1.87 bits per heavy atom. The van der Waals surface area contributed by atoms with Crippen LogP contribution < -0.4 is 5.56 Å². The van der Waals surface area contributed by atoms with Crippen LogP contribution in [0.2, 0.25) is 5.02 Å². The molecule has 1 saturated carbocycles. The van der Waals surface area contributed by atoms with Gasteiger partial charge in [0.2, 0.25) is 5.95 Å². The van der Waals surface area contributed by atoms with Crippen LogP contribution in [0.4, 0.5) is 13.2 Å². The number of nitrogens with zero attached hydrogens (tertiary/aromatic N) is 5. The Hall–Kier alpha value is -3.51. The summed E-state index contributed by atoms with van der Waals surface area (Å²) in [6, 6.07) is 3.46. The maximum Gasteiger partial charge on any atom is 0.277 e. The van der Waals surface area contributed by atoms with E-state index in [0.717, 1.165) is 23.1 Å². The number of halogens is 4. The molecule has 0 saturated heterocycles. The molecule has 5 rings (SSSR count). The van der Waals surface area contributed by atoms with Crippen molar-refractivity contribution in [1.82, 2.24) is 24.3 Å². The standard InChI is InChI=1S/C25H21ClF3N5O3S/c1-11-9-30-22(13-6-5-7-17(19(13)27)38(4,36)37)20(28)23(11)34-12(2)32-21(18(26)25(34)35)15-8-14(15)16-10-31-33(3)24(16)29/h5-7,9-10,14-15H,8H2,1-4H3/t14-,15-/m0/s1/i3D3. The number of rotatable bonds is 5. The summed E-state index contributed by atoms with van der Waals surface area (Å²) in [5.41, 5.74) is -1.73. The van der Waals surface area contributed by atoms with Crippen LogP contribution in [-0.2, 0) is 16.8 Å². The van der Waals surface area contributed by atoms with Crippen molar-refractivity contribution >= 4 is 21.4 Å². The Morgan fingerprint density at radius 3 is 2.53 bits per heavy atom. The van der Waals surface area contributed by atoms with Gasteiger partial charge in [-0.25, -0.2) is 26.9 Å². The fourth-order valence-corrected chi connectivity index (χ4v) is 5.61. The zero-order valence-electron chi connectivity index (χ0n) is 23.1. The van der Waals surface area contributed by atoms with Crippen LogP contribution in [0.1, 0.15) is 45.0 Å². The average molecular weight is 567 g/mol. The molecule has 0 radical (unpaired) electrons. The third kappa shape index (κ3) is 4.11. The molecule has 3 aromatic heterocycles. The van der Waals surface area contributed by atoms with Gasteiger partial charge in [0.25, 0.3) is 5.56 Å². The first-order chi connectivity index (χ1) is 19.0. The van der Waals surface area contributed by atoms with E-state index in [2.05, 4.69) is 15.1 Å². The highest BCUT2D eigenvalue weighted by atomic mass is 35.5. The predicted molar refractivity (Wildman–Crippen MR) is 134 cm³/mol. The van der Waals surface area contributed by atoms with Crippen LogP contribution in [0.3, 0.4) is 0 Å². The summed E-state index contributed by atoms with van der Waals surface area (Å²) in [7, 11) is -3.97. The topological polar surface area (TPSA) is 99.7 Å². The largest absolute Gasteiger partial charge is 0.277 e. The van der Waals surface area contributed by atoms with Gasteiger partial charge < -0.3 is 0 Å². The zero-order chi connectivity index (χ0) is 30.2. The number of sulfone groups is 1. The van der Waals surface area contributed by atoms with Crippen LogP contribution >= 0.6 is 11.6 Å². The van der Waals surface area contributed by atoms with Crippen molar-refractivity contribution in [3.05, 3.63) is 86.2 Å². The van der Waals surface area contributed by atoms with Crippen molar-refractivity contribution in [2.75, 3.05) is 6.26 Å². The van der Waals surface area contributed by atoms with Crippen molar-refractivity contribution in [2.45, 2.75) is 37.0 Å². The van der Waals surface area contributed by atoms with Crippen molar-refractivity contribution in [1.29, 1.82) is 0 Å². The summed E-state index contributed by atoms with van der Waals surface area (Å²) in [5, 5.41) is 3.26. The van der Waals surface area contributed by atoms with Gasteiger partial charge >= 0.3 is 0 Å². The van der Waals surface area contributed by atoms with Gasteiger partial charge in [-0.1, -0.05) is 17.7 Å². The normalized spacial score (nSPS) is 18.7. The van der Waals surface area contributed by atoms with Gasteiger partial charge in [-0.2, -0.15) is 9.49 Å². The van der Waals surface area contributed by atoms with Gasteiger partial charge in [0.1, 0.15) is 21.4 Å². The zero-order valence-corrected chi connectivity index (χ0v) is 21.7. The Labute approximate surface area is 224 Å². The molecule has 1 fully saturated rings. The van der Waals surface area contributed by atoms with E-state index in [1.807, 2.05) is 0 Å². The van der Waals surface area contributed by atoms with E-state index in [0.29, 0.717) is 11.1 Å². The molecule has 38 heavy (non-hydrogen) atoms. The van der Waals surface area contributed by atoms with E-state index in [1.54, 1.807) is 0 Å². The average Bonchev–Trinajstić information content (AvgIpc) is 3.55. The number of hydrogen-bond donors (Lipinski definition) is 0. The molecule has 1 aliphatic rings. The monoisotopic (exact) mass is 566 g/mol. The number of hydrogen-bond acceptors (Lipinski definition) is 6. The van der Waals surface area contributed by atoms with Gasteiger partial charge in [0.05, 0.1) is 17.6 Å². The van der Waals surface area contributed by atoms with E-state index in [9.17, 15) is 17.6 Å². The van der Waals surface area contributed by atoms with E-state index in [-0.39, 0.29) is 33.4 Å². The molecule has 13 heteroatoms. The molecule has 0 N–H and O–H groups in total. The van der Waals surface area contributed by atoms with Crippen molar-refractivity contribution in [3.8, 4) is 16.9 Å². The second-order valence-electron chi connectivity index (χ2n) is 9.09. The molecule has 3 heterocycles. The maximum absolute atomic E-state index is 16.0. The van der Waals surface area contributed by atoms with Crippen molar-refractivity contribution in [2.24, 2.45) is 6.98 Å². The summed E-state index contributed by atoms with van der Waals surface area (Å²) in [5.74, 6) is -4.34. The molecule has 4 aromatic rings. The number of aromatic nitrogens is 5. The van der Waals surface area contributed by atoms with E-state index in [1.165, 1.54) is 32.2 Å². The lowest BCUT2D eigenvalue weighted by Crippen LogP contribution is -2.26. The first kappa shape index (κ1) is 22.5. The molecule has 0 unspecified atom stereocenters. The SMILES string of the molecule is [2H]C([2H])([2H])n1ncc([C@H]2C[C@@H]2c2nc(C)n(-c3c(C)cnc(-c4cccc(S(C)(=O)=O)c4F)c3F)c(=O)c2Cl)c1F. The molecule has 0 aliphatic heterocycles. The Morgan fingerprint density at radius 1 is 1.13 bits per heavy atom. The molecule has 8 nitrogen and oxygen atoms in total. The van der Waals surface area contributed by atoms with Crippen LogP contribution in [0.5, 0.6) is 0 Å². The van der Waals surface area contributed by atoms with Gasteiger partial charge in [0.15, 0.2) is 21.5 Å². The van der Waals surface area contributed by atoms with E-state index >= 15 is 8.78 Å². The predicted octanol–water partition coefficient (Wildman–Crippen LogP) is 4.39. The Bertz CT molecular complexity index is 1910. The Balaban J connectivity index is 1.59. The number of aryl methyl sites for hydroxylation is 3. The van der Waals surface area contributed by atoms with E-state index < -0.39 is 67.9 Å². The lowest BCUT2D eigenvalue weighted by atomic mass is 10.1. The summed E-state index contributed by atoms with van der Waals surface area (Å²) in [4.78, 5) is 21.2. The quantitative estimate of drug-likeness (QED) is 0.355. The molecule has 0 amide bonds. The van der Waals surface area contributed by atoms with Crippen LogP contribution in [0, 0.1) is 31.4 Å². The Kier molecular flexibility index (Phi) is 5.35. The van der Waals surface area contributed by atoms with Crippen molar-refractivity contribution < 1.29 is 25.7 Å². The van der Waals surface area contributed by atoms with Gasteiger partial charge in [0, 0.05) is 40.6 Å². The minimum absolute atomic E-state index is 0.0169. The highest BCUT2D eigenvalue weighted by molar-refractivity contribution is 7.90. The highest BCUT2D eigenvalue weighted by Gasteiger charge is 2.45. The van der Waals surface area contributed by atoms with E-state index in [4.69, 9.17) is 15.7 Å². The third-order valence-corrected chi connectivity index (χ3v) is 7.99. The van der Waals surface area contributed by atoms with Gasteiger partial charge in [-0.3, -0.25) is 14.3 Å². The minimum atomic E-state index is -3.97. The molecule has 198 valence electrons. The van der Waals surface area contributed by atoms with Gasteiger partial charge in [-0.15, -0.1) is 0 Å². The number of benzene rings is 1. The first-order valence-corrected chi connectivity index (χ1v) is 13.5. The molecule has 2 atom stereocenters. The lowest BCUT2D eigenvalue weighted by molar-refractivity contribution is 0.495. The third-order valence-electron chi connectivity index (χ3n) is 6.52. The minimum Gasteiger partial charge on any atom is -0.267 e. The van der Waals surface area contributed by atoms with Crippen LogP contribution in [0.25, 0.3) is 16.9 Å². The fraction of sp³-hybridized carbons (Fsp3) is 0.280. The number of pyridine rings is 1. The van der Waals surface area contributed by atoms with Crippen molar-refractivity contribution in [3.63, 3.8) is 0 Å². The molecule has 0 spiro atoms. The van der Waals surface area contributed by atoms with Gasteiger partial charge in [-0.05, 0) is 43.9 Å². The molecule has 1 aromatic carbocycles. The second-order valence-corrected chi connectivity index (χ2v) is 11.5. The van der Waals surface area contributed by atoms with Crippen LogP contribution in [0.15, 0.2) is 40.3 Å². The summed E-state index contributed by atoms with van der Waals surface area (Å²) >= 11 is 6.42. The van der Waals surface area contributed by atoms with Crippen LogP contribution in [-0.4, -0.2) is 39.0 Å². The molecule has 1 aliphatic carbocycles. The molecular weight excluding hydrogens is 543 g/mol. The fourth-order valence-electron chi connectivity index (χ4n) is 4.58. The lowest BCUT2D eigenvalue weighted by Gasteiger charge is -2.17. The summed E-state index contributed by atoms with van der Waals surface area (Å²) in [6.07, 6.45) is 3.46. The molecular formula is C25H21ClF3N5O3S. The highest BCUT2D eigenvalue weighted by Crippen LogP contribution is 2.55.